The highest BCUT2D eigenvalue weighted by atomic mass is 16.2. The first-order chi connectivity index (χ1) is 10.8. The van der Waals surface area contributed by atoms with Crippen LogP contribution in [0.3, 0.4) is 0 Å². The SMILES string of the molecule is CC(C)NC(=O)c1cn2c(n1)C(C)N(C(=O)CCN(C)C)CC2. The van der Waals surface area contributed by atoms with Gasteiger partial charge in [0.1, 0.15) is 11.5 Å². The first-order valence-corrected chi connectivity index (χ1v) is 8.11. The van der Waals surface area contributed by atoms with Crippen LogP contribution in [-0.4, -0.2) is 64.4 Å². The highest BCUT2D eigenvalue weighted by molar-refractivity contribution is 5.92. The van der Waals surface area contributed by atoms with Crippen LogP contribution in [0.1, 0.15) is 49.5 Å². The molecule has 1 aromatic rings. The van der Waals surface area contributed by atoms with Crippen LogP contribution in [0.15, 0.2) is 6.20 Å². The van der Waals surface area contributed by atoms with Gasteiger partial charge in [0.15, 0.2) is 0 Å². The molecule has 128 valence electrons. The maximum atomic E-state index is 12.4. The Balaban J connectivity index is 2.10. The van der Waals surface area contributed by atoms with Crippen LogP contribution in [0.25, 0.3) is 0 Å². The number of hydrogen-bond donors (Lipinski definition) is 1. The van der Waals surface area contributed by atoms with E-state index in [1.54, 1.807) is 6.20 Å². The summed E-state index contributed by atoms with van der Waals surface area (Å²) < 4.78 is 1.98. The fourth-order valence-electron chi connectivity index (χ4n) is 2.74. The minimum atomic E-state index is -0.167. The minimum Gasteiger partial charge on any atom is -0.348 e. The number of fused-ring (bicyclic) bond motifs is 1. The second-order valence-corrected chi connectivity index (χ2v) is 6.62. The summed E-state index contributed by atoms with van der Waals surface area (Å²) in [5.41, 5.74) is 0.420. The Hall–Kier alpha value is -1.89. The van der Waals surface area contributed by atoms with Crippen molar-refractivity contribution in [3.05, 3.63) is 17.7 Å². The molecule has 0 saturated heterocycles. The number of imidazole rings is 1. The number of amides is 2. The van der Waals surface area contributed by atoms with Gasteiger partial charge in [-0.3, -0.25) is 9.59 Å². The Labute approximate surface area is 137 Å². The second kappa shape index (κ2) is 7.12. The second-order valence-electron chi connectivity index (χ2n) is 6.62. The molecule has 0 fully saturated rings. The van der Waals surface area contributed by atoms with Crippen molar-refractivity contribution in [3.63, 3.8) is 0 Å². The topological polar surface area (TPSA) is 70.5 Å². The van der Waals surface area contributed by atoms with E-state index in [0.29, 0.717) is 25.2 Å². The van der Waals surface area contributed by atoms with Crippen LogP contribution in [-0.2, 0) is 11.3 Å². The number of nitrogens with zero attached hydrogens (tertiary/aromatic N) is 4. The molecule has 0 radical (unpaired) electrons. The molecule has 2 rings (SSSR count). The highest BCUT2D eigenvalue weighted by Gasteiger charge is 2.30. The number of aromatic nitrogens is 2. The number of carbonyl (C=O) groups is 2. The molecule has 0 aromatic carbocycles. The summed E-state index contributed by atoms with van der Waals surface area (Å²) in [5.74, 6) is 0.747. The van der Waals surface area contributed by atoms with Gasteiger partial charge in [0.25, 0.3) is 5.91 Å². The zero-order valence-corrected chi connectivity index (χ0v) is 14.7. The van der Waals surface area contributed by atoms with Crippen LogP contribution in [0.5, 0.6) is 0 Å². The Morgan fingerprint density at radius 1 is 1.39 bits per heavy atom. The van der Waals surface area contributed by atoms with Crippen LogP contribution < -0.4 is 5.32 Å². The summed E-state index contributed by atoms with van der Waals surface area (Å²) >= 11 is 0. The Kier molecular flexibility index (Phi) is 5.41. The van der Waals surface area contributed by atoms with Crippen molar-refractivity contribution in [1.82, 2.24) is 24.7 Å². The van der Waals surface area contributed by atoms with E-state index in [4.69, 9.17) is 0 Å². The minimum absolute atomic E-state index is 0.0720. The predicted molar refractivity (Wildman–Crippen MR) is 88.1 cm³/mol. The number of nitrogens with one attached hydrogen (secondary N) is 1. The molecule has 0 aliphatic carbocycles. The van der Waals surface area contributed by atoms with Crippen molar-refractivity contribution in [2.75, 3.05) is 27.2 Å². The van der Waals surface area contributed by atoms with E-state index in [9.17, 15) is 9.59 Å². The van der Waals surface area contributed by atoms with Gasteiger partial charge in [-0.2, -0.15) is 0 Å². The van der Waals surface area contributed by atoms with E-state index in [1.807, 2.05) is 49.2 Å². The molecule has 1 atom stereocenters. The Morgan fingerprint density at radius 3 is 2.70 bits per heavy atom. The molecular weight excluding hydrogens is 294 g/mol. The average Bonchev–Trinajstić information content (AvgIpc) is 2.89. The Morgan fingerprint density at radius 2 is 2.09 bits per heavy atom. The van der Waals surface area contributed by atoms with E-state index in [0.717, 1.165) is 12.4 Å². The normalized spacial score (nSPS) is 17.5. The number of rotatable bonds is 5. The van der Waals surface area contributed by atoms with Gasteiger partial charge in [-0.15, -0.1) is 0 Å². The zero-order valence-electron chi connectivity index (χ0n) is 14.7. The monoisotopic (exact) mass is 321 g/mol. The van der Waals surface area contributed by atoms with Crippen molar-refractivity contribution < 1.29 is 9.59 Å². The van der Waals surface area contributed by atoms with Crippen molar-refractivity contribution >= 4 is 11.8 Å². The smallest absolute Gasteiger partial charge is 0.271 e. The number of carbonyl (C=O) groups excluding carboxylic acids is 2. The molecule has 7 heteroatoms. The van der Waals surface area contributed by atoms with Crippen LogP contribution in [0.2, 0.25) is 0 Å². The largest absolute Gasteiger partial charge is 0.348 e. The average molecular weight is 321 g/mol. The molecule has 2 amide bonds. The molecule has 1 aliphatic heterocycles. The first-order valence-electron chi connectivity index (χ1n) is 8.11. The van der Waals surface area contributed by atoms with Crippen molar-refractivity contribution in [2.24, 2.45) is 0 Å². The van der Waals surface area contributed by atoms with Gasteiger partial charge in [-0.25, -0.2) is 4.98 Å². The maximum absolute atomic E-state index is 12.4. The summed E-state index contributed by atoms with van der Waals surface area (Å²) in [6.07, 6.45) is 2.28. The summed E-state index contributed by atoms with van der Waals surface area (Å²) in [4.78, 5) is 32.8. The lowest BCUT2D eigenvalue weighted by Crippen LogP contribution is -2.41. The van der Waals surface area contributed by atoms with Crippen LogP contribution in [0.4, 0.5) is 0 Å². The molecule has 0 bridgehead atoms. The van der Waals surface area contributed by atoms with Gasteiger partial charge in [0, 0.05) is 38.3 Å². The summed E-state index contributed by atoms with van der Waals surface area (Å²) in [6.45, 7) is 7.87. The fourth-order valence-corrected chi connectivity index (χ4v) is 2.74. The highest BCUT2D eigenvalue weighted by Crippen LogP contribution is 2.25. The molecule has 1 unspecified atom stereocenters. The Bertz CT molecular complexity index is 579. The number of hydrogen-bond acceptors (Lipinski definition) is 4. The lowest BCUT2D eigenvalue weighted by atomic mass is 10.2. The van der Waals surface area contributed by atoms with Gasteiger partial charge in [-0.1, -0.05) is 0 Å². The lowest BCUT2D eigenvalue weighted by molar-refractivity contribution is -0.134. The van der Waals surface area contributed by atoms with Gasteiger partial charge in [0.2, 0.25) is 5.91 Å². The van der Waals surface area contributed by atoms with E-state index in [2.05, 4.69) is 10.3 Å². The van der Waals surface area contributed by atoms with Gasteiger partial charge in [-0.05, 0) is 34.9 Å². The van der Waals surface area contributed by atoms with Crippen molar-refractivity contribution in [1.29, 1.82) is 0 Å². The standard InChI is InChI=1S/C16H27N5O2/c1-11(2)17-16(23)13-10-20-8-9-21(12(3)15(20)18-13)14(22)6-7-19(4)5/h10-12H,6-9H2,1-5H3,(H,17,23). The fraction of sp³-hybridized carbons (Fsp3) is 0.688. The molecule has 23 heavy (non-hydrogen) atoms. The van der Waals surface area contributed by atoms with Gasteiger partial charge >= 0.3 is 0 Å². The van der Waals surface area contributed by atoms with Crippen molar-refractivity contribution in [2.45, 2.75) is 45.8 Å². The first kappa shape index (κ1) is 17.5. The molecular formula is C16H27N5O2. The quantitative estimate of drug-likeness (QED) is 0.874. The summed E-state index contributed by atoms with van der Waals surface area (Å²) in [6, 6.07) is -0.0400. The maximum Gasteiger partial charge on any atom is 0.271 e. The molecule has 1 N–H and O–H groups in total. The van der Waals surface area contributed by atoms with E-state index in [1.165, 1.54) is 0 Å². The van der Waals surface area contributed by atoms with Gasteiger partial charge < -0.3 is 19.7 Å². The lowest BCUT2D eigenvalue weighted by Gasteiger charge is -2.34. The third-order valence-corrected chi connectivity index (χ3v) is 3.98. The van der Waals surface area contributed by atoms with Crippen LogP contribution in [0, 0.1) is 0 Å². The van der Waals surface area contributed by atoms with E-state index >= 15 is 0 Å². The predicted octanol–water partition coefficient (Wildman–Crippen LogP) is 0.876. The molecule has 7 nitrogen and oxygen atoms in total. The zero-order chi connectivity index (χ0) is 17.1. The molecule has 2 heterocycles. The third-order valence-electron chi connectivity index (χ3n) is 3.98. The molecule has 1 aliphatic rings. The van der Waals surface area contributed by atoms with E-state index in [-0.39, 0.29) is 23.9 Å². The molecule has 1 aromatic heterocycles. The summed E-state index contributed by atoms with van der Waals surface area (Å²) in [5, 5.41) is 2.85. The third kappa shape index (κ3) is 4.10. The van der Waals surface area contributed by atoms with Crippen LogP contribution >= 0.6 is 0 Å². The van der Waals surface area contributed by atoms with Gasteiger partial charge in [0.05, 0.1) is 6.04 Å². The van der Waals surface area contributed by atoms with E-state index < -0.39 is 0 Å². The van der Waals surface area contributed by atoms with Crippen molar-refractivity contribution in [3.8, 4) is 0 Å². The molecule has 0 spiro atoms. The molecule has 0 saturated carbocycles. The summed E-state index contributed by atoms with van der Waals surface area (Å²) in [7, 11) is 3.92.